The molecule has 116 valence electrons. The van der Waals surface area contributed by atoms with Crippen LogP contribution in [0, 0.1) is 10.1 Å². The maximum absolute atomic E-state index is 10.9. The summed E-state index contributed by atoms with van der Waals surface area (Å²) >= 11 is 0. The maximum Gasteiger partial charge on any atom is 0.269 e. The molecule has 0 amide bonds. The minimum absolute atomic E-state index is 0.0692. The molecule has 0 heterocycles. The normalized spacial score (nSPS) is 15.0. The van der Waals surface area contributed by atoms with Crippen molar-refractivity contribution in [3.05, 3.63) is 33.9 Å². The molecule has 1 aromatic carbocycles. The van der Waals surface area contributed by atoms with Gasteiger partial charge < -0.3 is 10.5 Å². The highest BCUT2D eigenvalue weighted by Crippen LogP contribution is 2.29. The van der Waals surface area contributed by atoms with E-state index in [4.69, 9.17) is 10.9 Å². The van der Waals surface area contributed by atoms with Crippen LogP contribution in [0.3, 0.4) is 0 Å². The number of hydrogen-bond acceptors (Lipinski definition) is 6. The summed E-state index contributed by atoms with van der Waals surface area (Å²) in [5.74, 6) is 5.50. The number of nitrogens with zero attached hydrogens (tertiary/aromatic N) is 2. The molecule has 0 saturated heterocycles. The first-order valence-corrected chi connectivity index (χ1v) is 7.24. The number of rotatable bonds is 8. The van der Waals surface area contributed by atoms with Crippen molar-refractivity contribution in [1.82, 2.24) is 4.90 Å². The Kier molecular flexibility index (Phi) is 5.49. The summed E-state index contributed by atoms with van der Waals surface area (Å²) in [6.45, 7) is 1.54. The summed E-state index contributed by atoms with van der Waals surface area (Å²) in [6.07, 6.45) is 4.21. The highest BCUT2D eigenvalue weighted by Gasteiger charge is 2.25. The number of hydrogen-bond donors (Lipinski definition) is 3. The number of nitrogens with one attached hydrogen (secondary N) is 1. The molecular formula is C14H22N4O3. The third kappa shape index (κ3) is 3.90. The first-order chi connectivity index (χ1) is 10.2. The van der Waals surface area contributed by atoms with Crippen molar-refractivity contribution in [3.8, 4) is 0 Å². The summed E-state index contributed by atoms with van der Waals surface area (Å²) in [5.41, 5.74) is 4.19. The number of hydrazine groups is 1. The Balaban J connectivity index is 2.17. The average Bonchev–Trinajstić information content (AvgIpc) is 2.42. The van der Waals surface area contributed by atoms with E-state index in [-0.39, 0.29) is 12.3 Å². The summed E-state index contributed by atoms with van der Waals surface area (Å²) in [4.78, 5) is 12.8. The van der Waals surface area contributed by atoms with Gasteiger partial charge in [-0.3, -0.25) is 20.9 Å². The Labute approximate surface area is 123 Å². The van der Waals surface area contributed by atoms with Crippen LogP contribution in [0.2, 0.25) is 0 Å². The van der Waals surface area contributed by atoms with Gasteiger partial charge in [0.05, 0.1) is 10.6 Å². The quantitative estimate of drug-likeness (QED) is 0.382. The van der Waals surface area contributed by atoms with Gasteiger partial charge >= 0.3 is 0 Å². The lowest BCUT2D eigenvalue weighted by Crippen LogP contribution is -2.40. The zero-order valence-electron chi connectivity index (χ0n) is 12.0. The highest BCUT2D eigenvalue weighted by molar-refractivity contribution is 5.55. The van der Waals surface area contributed by atoms with Gasteiger partial charge in [0.15, 0.2) is 0 Å². The van der Waals surface area contributed by atoms with Crippen LogP contribution in [0.1, 0.15) is 31.2 Å². The average molecular weight is 294 g/mol. The van der Waals surface area contributed by atoms with E-state index in [1.54, 1.807) is 12.1 Å². The Morgan fingerprint density at radius 1 is 1.48 bits per heavy atom. The summed E-state index contributed by atoms with van der Waals surface area (Å²) < 4.78 is 0. The van der Waals surface area contributed by atoms with E-state index in [2.05, 4.69) is 10.3 Å². The number of nitro groups is 1. The topological polar surface area (TPSA) is 105 Å². The molecule has 1 aliphatic carbocycles. The number of aliphatic hydroxyl groups is 1. The number of nitrogen functional groups attached to an aromatic ring is 1. The van der Waals surface area contributed by atoms with E-state index < -0.39 is 4.92 Å². The summed E-state index contributed by atoms with van der Waals surface area (Å²) in [5, 5.41) is 19.9. The van der Waals surface area contributed by atoms with Gasteiger partial charge in [-0.2, -0.15) is 0 Å². The van der Waals surface area contributed by atoms with Crippen molar-refractivity contribution in [2.45, 2.75) is 38.3 Å². The Morgan fingerprint density at radius 3 is 2.76 bits per heavy atom. The molecule has 0 atom stereocenters. The second-order valence-corrected chi connectivity index (χ2v) is 5.38. The van der Waals surface area contributed by atoms with Crippen LogP contribution in [0.4, 0.5) is 11.4 Å². The summed E-state index contributed by atoms with van der Waals surface area (Å²) in [6, 6.07) is 5.15. The molecule has 1 fully saturated rings. The minimum Gasteiger partial charge on any atom is -0.396 e. The molecule has 4 N–H and O–H groups in total. The maximum atomic E-state index is 10.9. The lowest BCUT2D eigenvalue weighted by molar-refractivity contribution is -0.384. The van der Waals surface area contributed by atoms with Crippen LogP contribution in [0.25, 0.3) is 0 Å². The number of aliphatic hydroxyl groups excluding tert-OH is 1. The van der Waals surface area contributed by atoms with E-state index in [1.807, 2.05) is 0 Å². The largest absolute Gasteiger partial charge is 0.396 e. The van der Waals surface area contributed by atoms with Crippen LogP contribution in [-0.4, -0.2) is 34.1 Å². The molecule has 7 nitrogen and oxygen atoms in total. The van der Waals surface area contributed by atoms with Crippen molar-refractivity contribution in [1.29, 1.82) is 0 Å². The molecule has 21 heavy (non-hydrogen) atoms. The van der Waals surface area contributed by atoms with Crippen LogP contribution in [0.5, 0.6) is 0 Å². The van der Waals surface area contributed by atoms with Crippen LogP contribution in [0.15, 0.2) is 18.2 Å². The highest BCUT2D eigenvalue weighted by atomic mass is 16.6. The third-order valence-electron chi connectivity index (χ3n) is 4.02. The zero-order chi connectivity index (χ0) is 15.2. The molecule has 0 unspecified atom stereocenters. The number of anilines is 1. The van der Waals surface area contributed by atoms with Gasteiger partial charge in [0, 0.05) is 37.9 Å². The van der Waals surface area contributed by atoms with Crippen molar-refractivity contribution in [3.63, 3.8) is 0 Å². The second-order valence-electron chi connectivity index (χ2n) is 5.38. The predicted molar refractivity (Wildman–Crippen MR) is 80.7 cm³/mol. The molecule has 1 aromatic rings. The molecule has 0 radical (unpaired) electrons. The molecule has 0 aromatic heterocycles. The van der Waals surface area contributed by atoms with Gasteiger partial charge in [-0.15, -0.1) is 0 Å². The first kappa shape index (κ1) is 15.7. The second kappa shape index (κ2) is 7.35. The van der Waals surface area contributed by atoms with Crippen molar-refractivity contribution >= 4 is 11.4 Å². The lowest BCUT2D eigenvalue weighted by Gasteiger charge is -2.37. The van der Waals surface area contributed by atoms with E-state index in [1.165, 1.54) is 12.5 Å². The van der Waals surface area contributed by atoms with Crippen LogP contribution < -0.4 is 11.3 Å². The smallest absolute Gasteiger partial charge is 0.269 e. The van der Waals surface area contributed by atoms with Crippen molar-refractivity contribution < 1.29 is 10.0 Å². The SMILES string of the molecule is NNc1ccc([N+](=O)[O-])cc1CN(CCCO)C1CCC1. The number of benzene rings is 1. The fraction of sp³-hybridized carbons (Fsp3) is 0.571. The third-order valence-corrected chi connectivity index (χ3v) is 4.02. The molecular weight excluding hydrogens is 272 g/mol. The minimum atomic E-state index is -0.398. The van der Waals surface area contributed by atoms with Gasteiger partial charge in [-0.25, -0.2) is 0 Å². The zero-order valence-corrected chi connectivity index (χ0v) is 12.0. The fourth-order valence-corrected chi connectivity index (χ4v) is 2.60. The Hall–Kier alpha value is -1.70. The standard InChI is InChI=1S/C14H22N4O3/c15-16-14-6-5-13(18(20)21)9-11(14)10-17(7-2-8-19)12-3-1-4-12/h5-6,9,12,16,19H,1-4,7-8,10,15H2. The van der Waals surface area contributed by atoms with Crippen molar-refractivity contribution in [2.24, 2.45) is 5.84 Å². The predicted octanol–water partition coefficient (Wildman–Crippen LogP) is 1.62. The molecule has 1 aliphatic rings. The number of nitro benzene ring substituents is 1. The molecule has 0 bridgehead atoms. The van der Waals surface area contributed by atoms with Crippen LogP contribution in [-0.2, 0) is 6.54 Å². The van der Waals surface area contributed by atoms with Gasteiger partial charge in [0.25, 0.3) is 5.69 Å². The van der Waals surface area contributed by atoms with Gasteiger partial charge in [-0.05, 0) is 30.9 Å². The van der Waals surface area contributed by atoms with E-state index in [0.717, 1.165) is 24.9 Å². The van der Waals surface area contributed by atoms with Crippen LogP contribution >= 0.6 is 0 Å². The van der Waals surface area contributed by atoms with Gasteiger partial charge in [0.1, 0.15) is 0 Å². The van der Waals surface area contributed by atoms with E-state index in [9.17, 15) is 10.1 Å². The first-order valence-electron chi connectivity index (χ1n) is 7.24. The Morgan fingerprint density at radius 2 is 2.24 bits per heavy atom. The Bertz CT molecular complexity index is 491. The number of non-ortho nitro benzene ring substituents is 1. The molecule has 0 aliphatic heterocycles. The molecule has 1 saturated carbocycles. The summed E-state index contributed by atoms with van der Waals surface area (Å²) in [7, 11) is 0. The fourth-order valence-electron chi connectivity index (χ4n) is 2.60. The van der Waals surface area contributed by atoms with E-state index >= 15 is 0 Å². The van der Waals surface area contributed by atoms with Crippen molar-refractivity contribution in [2.75, 3.05) is 18.6 Å². The monoisotopic (exact) mass is 294 g/mol. The van der Waals surface area contributed by atoms with Gasteiger partial charge in [-0.1, -0.05) is 6.42 Å². The molecule has 7 heteroatoms. The van der Waals surface area contributed by atoms with Gasteiger partial charge in [0.2, 0.25) is 0 Å². The lowest BCUT2D eigenvalue weighted by atomic mass is 9.91. The number of nitrogens with two attached hydrogens (primary N) is 1. The molecule has 2 rings (SSSR count). The van der Waals surface area contributed by atoms with E-state index in [0.29, 0.717) is 24.7 Å². The molecule has 0 spiro atoms.